The van der Waals surface area contributed by atoms with Crippen molar-refractivity contribution in [3.05, 3.63) is 45.6 Å². The summed E-state index contributed by atoms with van der Waals surface area (Å²) in [6.45, 7) is 4.56. The van der Waals surface area contributed by atoms with Crippen LogP contribution in [-0.2, 0) is 0 Å². The molecular formula is C13H18N4O2. The van der Waals surface area contributed by atoms with E-state index in [2.05, 4.69) is 5.43 Å². The van der Waals surface area contributed by atoms with Gasteiger partial charge in [0, 0.05) is 23.7 Å². The zero-order valence-electron chi connectivity index (χ0n) is 11.1. The van der Waals surface area contributed by atoms with Crippen LogP contribution >= 0.6 is 0 Å². The summed E-state index contributed by atoms with van der Waals surface area (Å²) in [6, 6.07) is 7.56. The first-order chi connectivity index (χ1) is 8.87. The van der Waals surface area contributed by atoms with E-state index in [1.807, 2.05) is 38.1 Å². The smallest absolute Gasteiger partial charge is 0.267 e. The van der Waals surface area contributed by atoms with E-state index in [4.69, 9.17) is 5.73 Å². The first kappa shape index (κ1) is 13.5. The Hall–Kier alpha value is -1.92. The van der Waals surface area contributed by atoms with Gasteiger partial charge in [-0.05, 0) is 19.9 Å². The molecule has 1 aromatic carbocycles. The SMILES string of the molecule is CC(C)(N)CNN1CC([N+](=O)[O-])=Cc2ccccc21. The molecule has 0 aliphatic carbocycles. The molecule has 3 N–H and O–H groups in total. The quantitative estimate of drug-likeness (QED) is 0.632. The molecular weight excluding hydrogens is 244 g/mol. The van der Waals surface area contributed by atoms with Gasteiger partial charge in [-0.15, -0.1) is 0 Å². The van der Waals surface area contributed by atoms with Gasteiger partial charge in [-0.2, -0.15) is 0 Å². The van der Waals surface area contributed by atoms with Crippen molar-refractivity contribution in [2.45, 2.75) is 19.4 Å². The monoisotopic (exact) mass is 262 g/mol. The zero-order valence-corrected chi connectivity index (χ0v) is 11.1. The largest absolute Gasteiger partial charge is 0.324 e. The van der Waals surface area contributed by atoms with Crippen LogP contribution in [0.15, 0.2) is 30.0 Å². The van der Waals surface area contributed by atoms with Crippen LogP contribution < -0.4 is 16.2 Å². The van der Waals surface area contributed by atoms with Gasteiger partial charge in [0.2, 0.25) is 0 Å². The molecule has 6 heteroatoms. The minimum atomic E-state index is -0.384. The number of nitrogens with one attached hydrogen (secondary N) is 1. The van der Waals surface area contributed by atoms with Crippen LogP contribution in [0, 0.1) is 10.1 Å². The second-order valence-electron chi connectivity index (χ2n) is 5.36. The van der Waals surface area contributed by atoms with E-state index in [1.54, 1.807) is 11.1 Å². The van der Waals surface area contributed by atoms with Crippen molar-refractivity contribution in [2.24, 2.45) is 5.73 Å². The number of anilines is 1. The number of nitrogens with zero attached hydrogens (tertiary/aromatic N) is 2. The number of nitro groups is 1. The van der Waals surface area contributed by atoms with Crippen LogP contribution in [0.3, 0.4) is 0 Å². The van der Waals surface area contributed by atoms with E-state index in [9.17, 15) is 10.1 Å². The van der Waals surface area contributed by atoms with Crippen molar-refractivity contribution >= 4 is 11.8 Å². The summed E-state index contributed by atoms with van der Waals surface area (Å²) >= 11 is 0. The highest BCUT2D eigenvalue weighted by Crippen LogP contribution is 2.27. The van der Waals surface area contributed by atoms with Crippen LogP contribution in [0.1, 0.15) is 19.4 Å². The number of para-hydroxylation sites is 1. The van der Waals surface area contributed by atoms with Gasteiger partial charge < -0.3 is 5.73 Å². The number of nitrogens with two attached hydrogens (primary N) is 1. The van der Waals surface area contributed by atoms with Gasteiger partial charge in [-0.25, -0.2) is 5.43 Å². The minimum Gasteiger partial charge on any atom is -0.324 e. The molecule has 0 saturated carbocycles. The predicted octanol–water partition coefficient (Wildman–Crippen LogP) is 1.37. The van der Waals surface area contributed by atoms with Crippen molar-refractivity contribution < 1.29 is 4.92 Å². The van der Waals surface area contributed by atoms with Gasteiger partial charge in [0.05, 0.1) is 10.6 Å². The van der Waals surface area contributed by atoms with E-state index in [0.29, 0.717) is 6.54 Å². The fourth-order valence-electron chi connectivity index (χ4n) is 1.88. The number of rotatable bonds is 4. The molecule has 0 radical (unpaired) electrons. The molecule has 0 fully saturated rings. The number of fused-ring (bicyclic) bond motifs is 1. The molecule has 1 aliphatic rings. The molecule has 0 aromatic heterocycles. The molecule has 1 aliphatic heterocycles. The fourth-order valence-corrected chi connectivity index (χ4v) is 1.88. The maximum absolute atomic E-state index is 11.0. The zero-order chi connectivity index (χ0) is 14.0. The Morgan fingerprint density at radius 3 is 2.79 bits per heavy atom. The lowest BCUT2D eigenvalue weighted by molar-refractivity contribution is -0.424. The van der Waals surface area contributed by atoms with Crippen LogP contribution in [0.25, 0.3) is 6.08 Å². The molecule has 0 atom stereocenters. The van der Waals surface area contributed by atoms with Gasteiger partial charge in [0.1, 0.15) is 6.54 Å². The van der Waals surface area contributed by atoms with Crippen molar-refractivity contribution in [1.82, 2.24) is 5.43 Å². The summed E-state index contributed by atoms with van der Waals surface area (Å²) < 4.78 is 0. The first-order valence-electron chi connectivity index (χ1n) is 6.11. The molecule has 2 rings (SSSR count). The lowest BCUT2D eigenvalue weighted by atomic mass is 10.1. The van der Waals surface area contributed by atoms with E-state index < -0.39 is 0 Å². The maximum atomic E-state index is 11.0. The molecule has 0 saturated heterocycles. The second-order valence-corrected chi connectivity index (χ2v) is 5.36. The molecule has 19 heavy (non-hydrogen) atoms. The number of hydrogen-bond acceptors (Lipinski definition) is 5. The predicted molar refractivity (Wildman–Crippen MR) is 75.0 cm³/mol. The molecule has 0 bridgehead atoms. The Morgan fingerprint density at radius 2 is 2.16 bits per heavy atom. The Kier molecular flexibility index (Phi) is 3.55. The standard InChI is InChI=1S/C13H18N4O2/c1-13(2,14)9-15-16-8-11(17(18)19)7-10-5-3-4-6-12(10)16/h3-7,15H,8-9,14H2,1-2H3. The maximum Gasteiger partial charge on any atom is 0.267 e. The molecule has 0 spiro atoms. The van der Waals surface area contributed by atoms with E-state index in [1.165, 1.54) is 0 Å². The number of benzene rings is 1. The van der Waals surface area contributed by atoms with Crippen LogP contribution in [0.2, 0.25) is 0 Å². The second kappa shape index (κ2) is 4.99. The first-order valence-corrected chi connectivity index (χ1v) is 6.11. The van der Waals surface area contributed by atoms with Crippen molar-refractivity contribution in [1.29, 1.82) is 0 Å². The summed E-state index contributed by atoms with van der Waals surface area (Å²) in [5.41, 5.74) is 10.6. The average molecular weight is 262 g/mol. The lowest BCUT2D eigenvalue weighted by Crippen LogP contribution is -2.51. The van der Waals surface area contributed by atoms with Gasteiger partial charge in [0.25, 0.3) is 5.70 Å². The van der Waals surface area contributed by atoms with E-state index in [0.717, 1.165) is 11.3 Å². The highest BCUT2D eigenvalue weighted by molar-refractivity contribution is 5.71. The third-order valence-corrected chi connectivity index (χ3v) is 2.83. The average Bonchev–Trinajstić information content (AvgIpc) is 2.34. The Bertz CT molecular complexity index is 520. The van der Waals surface area contributed by atoms with Crippen molar-refractivity contribution in [3.63, 3.8) is 0 Å². The molecule has 6 nitrogen and oxygen atoms in total. The van der Waals surface area contributed by atoms with Gasteiger partial charge in [-0.1, -0.05) is 18.2 Å². The van der Waals surface area contributed by atoms with E-state index in [-0.39, 0.29) is 22.7 Å². The van der Waals surface area contributed by atoms with Crippen LogP contribution in [-0.4, -0.2) is 23.6 Å². The minimum absolute atomic E-state index is 0.168. The normalized spacial score (nSPS) is 14.9. The van der Waals surface area contributed by atoms with Gasteiger partial charge in [-0.3, -0.25) is 15.1 Å². The summed E-state index contributed by atoms with van der Waals surface area (Å²) in [5.74, 6) is 0. The van der Waals surface area contributed by atoms with Crippen LogP contribution in [0.4, 0.5) is 5.69 Å². The highest BCUT2D eigenvalue weighted by Gasteiger charge is 2.25. The Labute approximate surface area is 112 Å². The van der Waals surface area contributed by atoms with E-state index >= 15 is 0 Å². The van der Waals surface area contributed by atoms with Gasteiger partial charge >= 0.3 is 0 Å². The highest BCUT2D eigenvalue weighted by atomic mass is 16.6. The van der Waals surface area contributed by atoms with Crippen molar-refractivity contribution in [2.75, 3.05) is 18.1 Å². The molecule has 0 amide bonds. The topological polar surface area (TPSA) is 84.4 Å². The van der Waals surface area contributed by atoms with Crippen molar-refractivity contribution in [3.8, 4) is 0 Å². The lowest BCUT2D eigenvalue weighted by Gasteiger charge is -2.31. The number of hydrogen-bond donors (Lipinski definition) is 2. The molecule has 102 valence electrons. The number of hydrazine groups is 1. The Morgan fingerprint density at radius 1 is 1.47 bits per heavy atom. The summed E-state index contributed by atoms with van der Waals surface area (Å²) in [5, 5.41) is 12.7. The fraction of sp³-hybridized carbons (Fsp3) is 0.385. The third kappa shape index (κ3) is 3.30. The third-order valence-electron chi connectivity index (χ3n) is 2.83. The Balaban J connectivity index is 2.26. The summed E-state index contributed by atoms with van der Waals surface area (Å²) in [4.78, 5) is 10.6. The van der Waals surface area contributed by atoms with Crippen LogP contribution in [0.5, 0.6) is 0 Å². The van der Waals surface area contributed by atoms with Gasteiger partial charge in [0.15, 0.2) is 0 Å². The summed E-state index contributed by atoms with van der Waals surface area (Å²) in [6.07, 6.45) is 1.61. The molecule has 0 unspecified atom stereocenters. The summed E-state index contributed by atoms with van der Waals surface area (Å²) in [7, 11) is 0. The molecule has 1 heterocycles. The molecule has 1 aromatic rings.